The van der Waals surface area contributed by atoms with Gasteiger partial charge in [0.2, 0.25) is 0 Å². The minimum atomic E-state index is -3.96. The maximum Gasteiger partial charge on any atom is 0.256 e. The number of fused-ring (bicyclic) bond motifs is 1. The number of rotatable bonds is 7. The van der Waals surface area contributed by atoms with Gasteiger partial charge in [-0.2, -0.15) is 0 Å². The van der Waals surface area contributed by atoms with E-state index >= 15 is 0 Å². The molecule has 0 saturated carbocycles. The second kappa shape index (κ2) is 11.8. The molecule has 0 unspecified atom stereocenters. The number of amides is 2. The van der Waals surface area contributed by atoms with Gasteiger partial charge in [-0.25, -0.2) is 8.42 Å². The molecule has 226 valence electrons. The van der Waals surface area contributed by atoms with Gasteiger partial charge in [0, 0.05) is 51.7 Å². The second-order valence-electron chi connectivity index (χ2n) is 11.6. The molecule has 2 fully saturated rings. The van der Waals surface area contributed by atoms with Crippen LogP contribution in [-0.2, 0) is 20.4 Å². The molecule has 1 atom stereocenters. The molecule has 43 heavy (non-hydrogen) atoms. The third-order valence-electron chi connectivity index (χ3n) is 8.80. The van der Waals surface area contributed by atoms with Crippen molar-refractivity contribution >= 4 is 62.2 Å². The van der Waals surface area contributed by atoms with Crippen LogP contribution < -0.4 is 5.32 Å². The van der Waals surface area contributed by atoms with Crippen LogP contribution in [0, 0.1) is 13.8 Å². The van der Waals surface area contributed by atoms with Crippen molar-refractivity contribution in [2.45, 2.75) is 56.2 Å². The largest absolute Gasteiger partial charge is 0.358 e. The van der Waals surface area contributed by atoms with Crippen LogP contribution in [0.4, 0.5) is 5.69 Å². The van der Waals surface area contributed by atoms with E-state index in [1.165, 1.54) is 18.9 Å². The van der Waals surface area contributed by atoms with Crippen molar-refractivity contribution in [3.8, 4) is 0 Å². The number of aromatic nitrogens is 1. The van der Waals surface area contributed by atoms with E-state index in [9.17, 15) is 18.0 Å². The number of carbonyl (C=O) groups excluding carboxylic acids is 2. The summed E-state index contributed by atoms with van der Waals surface area (Å²) in [6, 6.07) is 9.79. The van der Waals surface area contributed by atoms with Gasteiger partial charge in [0.25, 0.3) is 11.8 Å². The topological polar surface area (TPSA) is 103 Å². The minimum Gasteiger partial charge on any atom is -0.358 e. The molecule has 0 radical (unpaired) electrons. The lowest BCUT2D eigenvalue weighted by Crippen LogP contribution is -2.42. The molecule has 2 amide bonds. The number of nitrogens with one attached hydrogen (secondary N) is 2. The third-order valence-corrected chi connectivity index (χ3v) is 11.2. The Morgan fingerprint density at radius 1 is 1.02 bits per heavy atom. The van der Waals surface area contributed by atoms with E-state index in [0.29, 0.717) is 33.8 Å². The van der Waals surface area contributed by atoms with Gasteiger partial charge in [0.05, 0.1) is 27.5 Å². The van der Waals surface area contributed by atoms with Crippen LogP contribution in [0.25, 0.3) is 11.6 Å². The molecule has 2 N–H and O–H groups in total. The van der Waals surface area contributed by atoms with Gasteiger partial charge in [-0.3, -0.25) is 9.59 Å². The Labute approximate surface area is 262 Å². The van der Waals surface area contributed by atoms with Crippen LogP contribution in [0.3, 0.4) is 0 Å². The number of H-pyrrole nitrogens is 1. The predicted octanol–water partition coefficient (Wildman–Crippen LogP) is 6.11. The van der Waals surface area contributed by atoms with Crippen LogP contribution in [0.1, 0.15) is 64.1 Å². The van der Waals surface area contributed by atoms with Crippen molar-refractivity contribution in [1.82, 2.24) is 14.8 Å². The van der Waals surface area contributed by atoms with Crippen LogP contribution in [-0.4, -0.2) is 67.2 Å². The Balaban J connectivity index is 1.34. The standard InChI is InChI=1S/C32H34Cl2N4O4S/c1-19-27(35-20(2)29(19)32(40)38-15-7-8-21(38)17-37-13-3-4-14-37)16-22-30-26(36-31(22)39)11-6-12-28(30)43(41,42)18-23-24(33)9-5-10-25(23)34/h5-6,9-12,16,21,35H,3-4,7-8,13-15,17-18H2,1-2H3,(H,36,39)/b22-16-/t21-/m1/s1. The number of halogens is 2. The Morgan fingerprint density at radius 3 is 2.44 bits per heavy atom. The lowest BCUT2D eigenvalue weighted by molar-refractivity contribution is -0.110. The fraction of sp³-hybridized carbons (Fsp3) is 0.375. The Bertz CT molecular complexity index is 1740. The van der Waals surface area contributed by atoms with Gasteiger partial charge in [-0.05, 0) is 88.5 Å². The zero-order chi connectivity index (χ0) is 30.5. The first-order valence-electron chi connectivity index (χ1n) is 14.6. The van der Waals surface area contributed by atoms with Gasteiger partial charge >= 0.3 is 0 Å². The molecule has 0 aliphatic carbocycles. The first-order valence-corrected chi connectivity index (χ1v) is 17.0. The summed E-state index contributed by atoms with van der Waals surface area (Å²) >= 11 is 12.6. The van der Waals surface area contributed by atoms with E-state index in [0.717, 1.165) is 44.6 Å². The van der Waals surface area contributed by atoms with Crippen LogP contribution >= 0.6 is 23.2 Å². The quantitative estimate of drug-likeness (QED) is 0.304. The molecule has 3 aliphatic rings. The van der Waals surface area contributed by atoms with Crippen molar-refractivity contribution in [2.24, 2.45) is 0 Å². The van der Waals surface area contributed by atoms with Gasteiger partial charge in [-0.15, -0.1) is 0 Å². The SMILES string of the molecule is Cc1[nH]c(/C=C2\C(=O)Nc3cccc(S(=O)(=O)Cc4c(Cl)cccc4Cl)c32)c(C)c1C(=O)N1CCC[C@@H]1CN1CCCC1. The zero-order valence-corrected chi connectivity index (χ0v) is 26.5. The normalized spacial score (nSPS) is 19.8. The Morgan fingerprint density at radius 2 is 1.72 bits per heavy atom. The minimum absolute atomic E-state index is 0.00430. The van der Waals surface area contributed by atoms with Gasteiger partial charge in [0.15, 0.2) is 9.84 Å². The highest BCUT2D eigenvalue weighted by atomic mass is 35.5. The van der Waals surface area contributed by atoms with Crippen LogP contribution in [0.5, 0.6) is 0 Å². The Kier molecular flexibility index (Phi) is 8.19. The summed E-state index contributed by atoms with van der Waals surface area (Å²) < 4.78 is 27.5. The zero-order valence-electron chi connectivity index (χ0n) is 24.2. The second-order valence-corrected chi connectivity index (χ2v) is 14.4. The maximum absolute atomic E-state index is 13.9. The maximum atomic E-state index is 13.9. The highest BCUT2D eigenvalue weighted by Gasteiger charge is 2.35. The van der Waals surface area contributed by atoms with E-state index in [-0.39, 0.29) is 32.5 Å². The summed E-state index contributed by atoms with van der Waals surface area (Å²) in [5.74, 6) is -0.844. The van der Waals surface area contributed by atoms with Crippen molar-refractivity contribution in [3.05, 3.63) is 80.1 Å². The molecule has 1 aromatic heterocycles. The molecule has 3 aromatic rings. The summed E-state index contributed by atoms with van der Waals surface area (Å²) in [6.07, 6.45) is 6.05. The van der Waals surface area contributed by atoms with Crippen LogP contribution in [0.15, 0.2) is 41.3 Å². The third kappa shape index (κ3) is 5.64. The number of aryl methyl sites for hydroxylation is 1. The molecule has 3 aliphatic heterocycles. The lowest BCUT2D eigenvalue weighted by atomic mass is 10.0. The monoisotopic (exact) mass is 640 g/mol. The average molecular weight is 642 g/mol. The summed E-state index contributed by atoms with van der Waals surface area (Å²) in [5, 5.41) is 3.31. The smallest absolute Gasteiger partial charge is 0.256 e. The number of nitrogens with zero attached hydrogens (tertiary/aromatic N) is 2. The molecule has 11 heteroatoms. The average Bonchev–Trinajstić information content (AvgIpc) is 3.75. The first-order chi connectivity index (χ1) is 20.5. The molecule has 0 bridgehead atoms. The number of benzene rings is 2. The molecule has 2 aromatic carbocycles. The highest BCUT2D eigenvalue weighted by Crippen LogP contribution is 2.40. The fourth-order valence-corrected chi connectivity index (χ4v) is 8.99. The summed E-state index contributed by atoms with van der Waals surface area (Å²) in [6.45, 7) is 7.53. The van der Waals surface area contributed by atoms with E-state index in [1.54, 1.807) is 36.4 Å². The highest BCUT2D eigenvalue weighted by molar-refractivity contribution is 7.90. The molecule has 8 nitrogen and oxygen atoms in total. The van der Waals surface area contributed by atoms with Crippen LogP contribution in [0.2, 0.25) is 10.0 Å². The summed E-state index contributed by atoms with van der Waals surface area (Å²) in [5.41, 5.74) is 3.84. The number of hydrogen-bond donors (Lipinski definition) is 2. The van der Waals surface area contributed by atoms with E-state index < -0.39 is 21.5 Å². The summed E-state index contributed by atoms with van der Waals surface area (Å²) in [7, 11) is -3.96. The van der Waals surface area contributed by atoms with E-state index in [1.807, 2.05) is 18.7 Å². The van der Waals surface area contributed by atoms with E-state index in [2.05, 4.69) is 15.2 Å². The fourth-order valence-electron chi connectivity index (χ4n) is 6.63. The predicted molar refractivity (Wildman–Crippen MR) is 170 cm³/mol. The summed E-state index contributed by atoms with van der Waals surface area (Å²) in [4.78, 5) is 34.9. The molecule has 2 saturated heterocycles. The number of hydrogen-bond acceptors (Lipinski definition) is 5. The van der Waals surface area contributed by atoms with Crippen molar-refractivity contribution in [3.63, 3.8) is 0 Å². The number of aromatic amines is 1. The lowest BCUT2D eigenvalue weighted by Gasteiger charge is -2.28. The molecule has 6 rings (SSSR count). The molecular formula is C32H34Cl2N4O4S. The number of carbonyl (C=O) groups is 2. The van der Waals surface area contributed by atoms with Gasteiger partial charge in [-0.1, -0.05) is 35.3 Å². The molecular weight excluding hydrogens is 607 g/mol. The first kappa shape index (κ1) is 29.9. The van der Waals surface area contributed by atoms with E-state index in [4.69, 9.17) is 23.2 Å². The number of anilines is 1. The van der Waals surface area contributed by atoms with Crippen molar-refractivity contribution in [1.29, 1.82) is 0 Å². The number of sulfone groups is 1. The Hall–Kier alpha value is -3.11. The number of likely N-dealkylation sites (tertiary alicyclic amines) is 2. The molecule has 4 heterocycles. The van der Waals surface area contributed by atoms with Crippen molar-refractivity contribution in [2.75, 3.05) is 31.5 Å². The van der Waals surface area contributed by atoms with Gasteiger partial charge < -0.3 is 20.1 Å². The van der Waals surface area contributed by atoms with Gasteiger partial charge in [0.1, 0.15) is 0 Å². The van der Waals surface area contributed by atoms with Crippen molar-refractivity contribution < 1.29 is 18.0 Å². The molecule has 0 spiro atoms.